The zero-order valence-corrected chi connectivity index (χ0v) is 13.8. The van der Waals surface area contributed by atoms with Crippen molar-refractivity contribution >= 4 is 11.6 Å². The summed E-state index contributed by atoms with van der Waals surface area (Å²) in [6, 6.07) is 7.31. The first-order valence-electron chi connectivity index (χ1n) is 7.48. The van der Waals surface area contributed by atoms with Gasteiger partial charge in [0.25, 0.3) is 0 Å². The van der Waals surface area contributed by atoms with Crippen molar-refractivity contribution in [3.05, 3.63) is 24.3 Å². The molecule has 0 aliphatic carbocycles. The Balaban J connectivity index is 2.63. The van der Waals surface area contributed by atoms with Gasteiger partial charge in [-0.05, 0) is 37.8 Å². The molecule has 3 N–H and O–H groups in total. The van der Waals surface area contributed by atoms with Gasteiger partial charge in [-0.3, -0.25) is 4.79 Å². The van der Waals surface area contributed by atoms with E-state index >= 15 is 0 Å². The molecule has 0 radical (unpaired) electrons. The molecule has 1 rings (SSSR count). The maximum absolute atomic E-state index is 12.1. The molecule has 0 bridgehead atoms. The minimum Gasteiger partial charge on any atom is -0.489 e. The van der Waals surface area contributed by atoms with Gasteiger partial charge in [0.1, 0.15) is 5.75 Å². The molecule has 1 aromatic rings. The second-order valence-electron chi connectivity index (χ2n) is 6.94. The van der Waals surface area contributed by atoms with Gasteiger partial charge >= 0.3 is 0 Å². The highest BCUT2D eigenvalue weighted by Gasteiger charge is 2.18. The van der Waals surface area contributed by atoms with Gasteiger partial charge in [-0.15, -0.1) is 0 Å². The fourth-order valence-corrected chi connectivity index (χ4v) is 2.22. The highest BCUT2D eigenvalue weighted by atomic mass is 16.5. The third kappa shape index (κ3) is 7.14. The number of carbonyl (C=O) groups is 1. The van der Waals surface area contributed by atoms with Crippen LogP contribution in [0.4, 0.5) is 5.69 Å². The minimum atomic E-state index is -0.136. The molecule has 1 aromatic carbocycles. The number of hydrogen-bond donors (Lipinski definition) is 2. The van der Waals surface area contributed by atoms with Gasteiger partial charge < -0.3 is 15.8 Å². The molecule has 0 saturated heterocycles. The fourth-order valence-electron chi connectivity index (χ4n) is 2.22. The van der Waals surface area contributed by atoms with E-state index in [0.29, 0.717) is 17.9 Å². The van der Waals surface area contributed by atoms with Crippen LogP contribution in [-0.4, -0.2) is 18.1 Å². The molecule has 0 spiro atoms. The van der Waals surface area contributed by atoms with Crippen LogP contribution in [0, 0.1) is 5.41 Å². The van der Waals surface area contributed by atoms with E-state index in [1.807, 2.05) is 38.1 Å². The summed E-state index contributed by atoms with van der Waals surface area (Å²) < 4.78 is 5.69. The number of hydrogen-bond acceptors (Lipinski definition) is 3. The summed E-state index contributed by atoms with van der Waals surface area (Å²) in [5.74, 6) is 0.608. The van der Waals surface area contributed by atoms with Crippen LogP contribution in [0.15, 0.2) is 24.3 Å². The van der Waals surface area contributed by atoms with E-state index in [1.165, 1.54) is 0 Å². The van der Waals surface area contributed by atoms with E-state index in [1.54, 1.807) is 0 Å². The van der Waals surface area contributed by atoms with E-state index in [4.69, 9.17) is 10.5 Å². The van der Waals surface area contributed by atoms with Gasteiger partial charge in [0.2, 0.25) is 5.91 Å². The SMILES string of the molecule is CC(C)Oc1ccccc1NC(=O)CC(N)CC(C)(C)C. The maximum Gasteiger partial charge on any atom is 0.226 e. The van der Waals surface area contributed by atoms with E-state index in [-0.39, 0.29) is 23.5 Å². The molecular weight excluding hydrogens is 264 g/mol. The summed E-state index contributed by atoms with van der Waals surface area (Å²) >= 11 is 0. The summed E-state index contributed by atoms with van der Waals surface area (Å²) in [7, 11) is 0. The second-order valence-corrected chi connectivity index (χ2v) is 6.94. The lowest BCUT2D eigenvalue weighted by atomic mass is 9.87. The molecule has 1 unspecified atom stereocenters. The summed E-state index contributed by atoms with van der Waals surface area (Å²) in [6.07, 6.45) is 1.18. The summed E-state index contributed by atoms with van der Waals surface area (Å²) in [5.41, 5.74) is 6.86. The van der Waals surface area contributed by atoms with E-state index < -0.39 is 0 Å². The number of anilines is 1. The van der Waals surface area contributed by atoms with Crippen LogP contribution in [-0.2, 0) is 4.79 Å². The van der Waals surface area contributed by atoms with Gasteiger partial charge in [0.05, 0.1) is 11.8 Å². The van der Waals surface area contributed by atoms with Crippen LogP contribution in [0.3, 0.4) is 0 Å². The normalized spacial score (nSPS) is 13.1. The molecule has 4 nitrogen and oxygen atoms in total. The standard InChI is InChI=1S/C17H28N2O2/c1-12(2)21-15-9-7-6-8-14(15)19-16(20)10-13(18)11-17(3,4)5/h6-9,12-13H,10-11,18H2,1-5H3,(H,19,20). The number of nitrogens with two attached hydrogens (primary N) is 1. The first kappa shape index (κ1) is 17.5. The third-order valence-corrected chi connectivity index (χ3v) is 2.85. The zero-order chi connectivity index (χ0) is 16.0. The highest BCUT2D eigenvalue weighted by Crippen LogP contribution is 2.26. The molecule has 4 heteroatoms. The Bertz CT molecular complexity index is 464. The molecule has 0 aromatic heterocycles. The molecule has 0 aliphatic rings. The van der Waals surface area contributed by atoms with Crippen molar-refractivity contribution in [3.63, 3.8) is 0 Å². The number of benzene rings is 1. The van der Waals surface area contributed by atoms with Gasteiger partial charge in [0, 0.05) is 12.5 Å². The minimum absolute atomic E-state index is 0.0613. The van der Waals surface area contributed by atoms with Crippen LogP contribution < -0.4 is 15.8 Å². The highest BCUT2D eigenvalue weighted by molar-refractivity contribution is 5.92. The molecule has 0 aliphatic heterocycles. The summed E-state index contributed by atoms with van der Waals surface area (Å²) in [4.78, 5) is 12.1. The number of para-hydroxylation sites is 2. The van der Waals surface area contributed by atoms with Crippen LogP contribution >= 0.6 is 0 Å². The molecule has 0 fully saturated rings. The Morgan fingerprint density at radius 3 is 2.48 bits per heavy atom. The zero-order valence-electron chi connectivity index (χ0n) is 13.8. The van der Waals surface area contributed by atoms with Crippen molar-refractivity contribution in [1.82, 2.24) is 0 Å². The fraction of sp³-hybridized carbons (Fsp3) is 0.588. The molecule has 118 valence electrons. The van der Waals surface area contributed by atoms with Crippen molar-refractivity contribution in [2.75, 3.05) is 5.32 Å². The molecular formula is C17H28N2O2. The van der Waals surface area contributed by atoms with E-state index in [0.717, 1.165) is 6.42 Å². The van der Waals surface area contributed by atoms with E-state index in [2.05, 4.69) is 26.1 Å². The maximum atomic E-state index is 12.1. The molecule has 1 amide bonds. The van der Waals surface area contributed by atoms with Crippen LogP contribution in [0.2, 0.25) is 0 Å². The Morgan fingerprint density at radius 1 is 1.29 bits per heavy atom. The lowest BCUT2D eigenvalue weighted by molar-refractivity contribution is -0.116. The predicted octanol–water partition coefficient (Wildman–Crippen LogP) is 3.57. The Labute approximate surface area is 128 Å². The molecule has 0 saturated carbocycles. The van der Waals surface area contributed by atoms with Crippen LogP contribution in [0.25, 0.3) is 0 Å². The molecule has 0 heterocycles. The van der Waals surface area contributed by atoms with Crippen LogP contribution in [0.1, 0.15) is 47.5 Å². The number of nitrogens with one attached hydrogen (secondary N) is 1. The molecule has 1 atom stereocenters. The largest absolute Gasteiger partial charge is 0.489 e. The second kappa shape index (κ2) is 7.46. The Kier molecular flexibility index (Phi) is 6.21. The van der Waals surface area contributed by atoms with Gasteiger partial charge in [-0.25, -0.2) is 0 Å². The van der Waals surface area contributed by atoms with Crippen molar-refractivity contribution in [2.45, 2.75) is 59.6 Å². The number of amides is 1. The van der Waals surface area contributed by atoms with Crippen molar-refractivity contribution in [1.29, 1.82) is 0 Å². The average Bonchev–Trinajstić information content (AvgIpc) is 2.28. The van der Waals surface area contributed by atoms with Gasteiger partial charge in [-0.2, -0.15) is 0 Å². The van der Waals surface area contributed by atoms with Crippen molar-refractivity contribution < 1.29 is 9.53 Å². The monoisotopic (exact) mass is 292 g/mol. The smallest absolute Gasteiger partial charge is 0.226 e. The lowest BCUT2D eigenvalue weighted by Gasteiger charge is -2.23. The lowest BCUT2D eigenvalue weighted by Crippen LogP contribution is -2.31. The number of ether oxygens (including phenoxy) is 1. The first-order chi connectivity index (χ1) is 9.67. The quantitative estimate of drug-likeness (QED) is 0.842. The number of carbonyl (C=O) groups excluding carboxylic acids is 1. The Morgan fingerprint density at radius 2 is 1.90 bits per heavy atom. The van der Waals surface area contributed by atoms with Crippen LogP contribution in [0.5, 0.6) is 5.75 Å². The van der Waals surface area contributed by atoms with Gasteiger partial charge in [-0.1, -0.05) is 32.9 Å². The predicted molar refractivity (Wildman–Crippen MR) is 87.5 cm³/mol. The van der Waals surface area contributed by atoms with E-state index in [9.17, 15) is 4.79 Å². The van der Waals surface area contributed by atoms with Gasteiger partial charge in [0.15, 0.2) is 0 Å². The summed E-state index contributed by atoms with van der Waals surface area (Å²) in [5, 5.41) is 2.89. The topological polar surface area (TPSA) is 64.3 Å². The third-order valence-electron chi connectivity index (χ3n) is 2.85. The van der Waals surface area contributed by atoms with Crippen molar-refractivity contribution in [2.24, 2.45) is 11.1 Å². The Hall–Kier alpha value is -1.55. The van der Waals surface area contributed by atoms with Crippen molar-refractivity contribution in [3.8, 4) is 5.75 Å². The first-order valence-corrected chi connectivity index (χ1v) is 7.48. The molecule has 21 heavy (non-hydrogen) atoms. The summed E-state index contributed by atoms with van der Waals surface area (Å²) in [6.45, 7) is 10.3. The average molecular weight is 292 g/mol. The number of rotatable bonds is 6.